The van der Waals surface area contributed by atoms with Crippen LogP contribution in [0.5, 0.6) is 0 Å². The van der Waals surface area contributed by atoms with E-state index in [9.17, 15) is 8.42 Å². The largest absolute Gasteiger partial charge is 0.219 e. The van der Waals surface area contributed by atoms with Gasteiger partial charge in [0.2, 0.25) is 0 Å². The summed E-state index contributed by atoms with van der Waals surface area (Å²) in [6.45, 7) is 6.80. The maximum Gasteiger partial charge on any atom is 0.199 e. The summed E-state index contributed by atoms with van der Waals surface area (Å²) in [4.78, 5) is 0.250. The molecule has 0 aliphatic carbocycles. The molecule has 0 saturated carbocycles. The topological polar surface area (TPSA) is 34.1 Å². The van der Waals surface area contributed by atoms with E-state index >= 15 is 0 Å². The highest BCUT2D eigenvalue weighted by Gasteiger charge is 2.11. The third-order valence-electron chi connectivity index (χ3n) is 1.66. The van der Waals surface area contributed by atoms with Crippen molar-refractivity contribution in [3.8, 4) is 0 Å². The van der Waals surface area contributed by atoms with Crippen molar-refractivity contribution in [2.75, 3.05) is 0 Å². The molecular formula is C10H10O2S. The van der Waals surface area contributed by atoms with Gasteiger partial charge in [-0.25, -0.2) is 8.42 Å². The van der Waals surface area contributed by atoms with E-state index in [1.54, 1.807) is 18.2 Å². The molecule has 0 atom stereocenters. The zero-order chi connectivity index (χ0) is 9.90. The molecule has 2 nitrogen and oxygen atoms in total. The number of sulfone groups is 1. The standard InChI is InChI=1S/C10H10O2S/c1-3-9-7-5-6-8-10(9)13(11,12)4-2/h3-8H,1-2H2. The van der Waals surface area contributed by atoms with Crippen LogP contribution in [0.25, 0.3) is 6.08 Å². The van der Waals surface area contributed by atoms with Gasteiger partial charge in [0, 0.05) is 5.41 Å². The van der Waals surface area contributed by atoms with E-state index < -0.39 is 9.84 Å². The van der Waals surface area contributed by atoms with E-state index in [0.29, 0.717) is 5.56 Å². The summed E-state index contributed by atoms with van der Waals surface area (Å²) < 4.78 is 22.8. The van der Waals surface area contributed by atoms with Crippen LogP contribution in [0.2, 0.25) is 0 Å². The van der Waals surface area contributed by atoms with Crippen molar-refractivity contribution < 1.29 is 8.42 Å². The molecule has 68 valence electrons. The number of rotatable bonds is 3. The minimum Gasteiger partial charge on any atom is -0.219 e. The van der Waals surface area contributed by atoms with Crippen LogP contribution >= 0.6 is 0 Å². The summed E-state index contributed by atoms with van der Waals surface area (Å²) in [5.74, 6) is 0. The van der Waals surface area contributed by atoms with Crippen molar-refractivity contribution >= 4 is 15.9 Å². The van der Waals surface area contributed by atoms with Crippen LogP contribution in [0.4, 0.5) is 0 Å². The Morgan fingerprint density at radius 3 is 2.31 bits per heavy atom. The maximum absolute atomic E-state index is 11.4. The third kappa shape index (κ3) is 1.87. The van der Waals surface area contributed by atoms with Gasteiger partial charge in [-0.1, -0.05) is 37.4 Å². The minimum atomic E-state index is -3.35. The van der Waals surface area contributed by atoms with Gasteiger partial charge < -0.3 is 0 Å². The Bertz CT molecular complexity index is 430. The Balaban J connectivity index is 3.46. The fourth-order valence-electron chi connectivity index (χ4n) is 0.998. The van der Waals surface area contributed by atoms with Crippen molar-refractivity contribution in [1.82, 2.24) is 0 Å². The van der Waals surface area contributed by atoms with E-state index in [1.165, 1.54) is 12.1 Å². The lowest BCUT2D eigenvalue weighted by Crippen LogP contribution is -1.97. The molecule has 3 heteroatoms. The van der Waals surface area contributed by atoms with Gasteiger partial charge in [0.1, 0.15) is 0 Å². The first-order chi connectivity index (χ1) is 6.11. The molecule has 0 bridgehead atoms. The summed E-state index contributed by atoms with van der Waals surface area (Å²) in [7, 11) is -3.35. The van der Waals surface area contributed by atoms with Crippen molar-refractivity contribution in [2.45, 2.75) is 4.90 Å². The van der Waals surface area contributed by atoms with Crippen LogP contribution in [0.1, 0.15) is 5.56 Å². The molecule has 0 unspecified atom stereocenters. The maximum atomic E-state index is 11.4. The first kappa shape index (κ1) is 9.74. The van der Waals surface area contributed by atoms with E-state index in [2.05, 4.69) is 13.2 Å². The number of benzene rings is 1. The fourth-order valence-corrected chi connectivity index (χ4v) is 1.93. The molecule has 0 spiro atoms. The highest BCUT2D eigenvalue weighted by atomic mass is 32.2. The summed E-state index contributed by atoms with van der Waals surface area (Å²) in [6, 6.07) is 6.67. The van der Waals surface area contributed by atoms with Crippen molar-refractivity contribution in [3.05, 3.63) is 48.4 Å². The zero-order valence-electron chi connectivity index (χ0n) is 7.10. The van der Waals surface area contributed by atoms with Crippen molar-refractivity contribution in [3.63, 3.8) is 0 Å². The molecule has 13 heavy (non-hydrogen) atoms. The minimum absolute atomic E-state index is 0.250. The SMILES string of the molecule is C=Cc1ccccc1S(=O)(=O)C=C. The Labute approximate surface area is 78.1 Å². The Hall–Kier alpha value is -1.35. The lowest BCUT2D eigenvalue weighted by molar-refractivity contribution is 0.604. The first-order valence-corrected chi connectivity index (χ1v) is 5.25. The van der Waals surface area contributed by atoms with Crippen LogP contribution in [0.15, 0.2) is 47.7 Å². The van der Waals surface area contributed by atoms with Crippen molar-refractivity contribution in [2.24, 2.45) is 0 Å². The summed E-state index contributed by atoms with van der Waals surface area (Å²) in [5, 5.41) is 0.940. The van der Waals surface area contributed by atoms with Gasteiger partial charge in [-0.05, 0) is 11.6 Å². The van der Waals surface area contributed by atoms with Crippen LogP contribution in [-0.4, -0.2) is 8.42 Å². The monoisotopic (exact) mass is 194 g/mol. The molecule has 0 saturated heterocycles. The predicted molar refractivity (Wildman–Crippen MR) is 53.9 cm³/mol. The van der Waals surface area contributed by atoms with E-state index in [4.69, 9.17) is 0 Å². The Kier molecular flexibility index (Phi) is 2.68. The normalized spacial score (nSPS) is 10.8. The second kappa shape index (κ2) is 3.58. The lowest BCUT2D eigenvalue weighted by atomic mass is 10.2. The quantitative estimate of drug-likeness (QED) is 0.739. The first-order valence-electron chi connectivity index (χ1n) is 3.71. The average molecular weight is 194 g/mol. The molecule has 0 aliphatic rings. The predicted octanol–water partition coefficient (Wildman–Crippen LogP) is 2.25. The van der Waals surface area contributed by atoms with Gasteiger partial charge in [0.05, 0.1) is 4.90 Å². The second-order valence-electron chi connectivity index (χ2n) is 2.45. The van der Waals surface area contributed by atoms with E-state index in [1.807, 2.05) is 0 Å². The van der Waals surface area contributed by atoms with Gasteiger partial charge >= 0.3 is 0 Å². The summed E-state index contributed by atoms with van der Waals surface area (Å²) in [5.41, 5.74) is 0.599. The van der Waals surface area contributed by atoms with Gasteiger partial charge in [-0.3, -0.25) is 0 Å². The van der Waals surface area contributed by atoms with Crippen LogP contribution in [0.3, 0.4) is 0 Å². The number of hydrogen-bond donors (Lipinski definition) is 0. The molecule has 0 amide bonds. The van der Waals surface area contributed by atoms with E-state index in [-0.39, 0.29) is 4.90 Å². The summed E-state index contributed by atoms with van der Waals surface area (Å²) >= 11 is 0. The molecule has 1 rings (SSSR count). The molecule has 0 N–H and O–H groups in total. The van der Waals surface area contributed by atoms with Gasteiger partial charge in [0.15, 0.2) is 9.84 Å². The van der Waals surface area contributed by atoms with Gasteiger partial charge in [0.25, 0.3) is 0 Å². The van der Waals surface area contributed by atoms with Gasteiger partial charge in [-0.2, -0.15) is 0 Å². The number of hydrogen-bond acceptors (Lipinski definition) is 2. The molecular weight excluding hydrogens is 184 g/mol. The molecule has 0 radical (unpaired) electrons. The van der Waals surface area contributed by atoms with Crippen LogP contribution in [-0.2, 0) is 9.84 Å². The fraction of sp³-hybridized carbons (Fsp3) is 0. The lowest BCUT2D eigenvalue weighted by Gasteiger charge is -2.02. The highest BCUT2D eigenvalue weighted by Crippen LogP contribution is 2.17. The highest BCUT2D eigenvalue weighted by molar-refractivity contribution is 7.94. The molecule has 1 aromatic carbocycles. The smallest absolute Gasteiger partial charge is 0.199 e. The van der Waals surface area contributed by atoms with E-state index in [0.717, 1.165) is 5.41 Å². The molecule has 0 fully saturated rings. The van der Waals surface area contributed by atoms with Crippen LogP contribution in [0, 0.1) is 0 Å². The molecule has 0 aromatic heterocycles. The zero-order valence-corrected chi connectivity index (χ0v) is 7.92. The molecule has 0 heterocycles. The molecule has 0 aliphatic heterocycles. The van der Waals surface area contributed by atoms with Crippen LogP contribution < -0.4 is 0 Å². The average Bonchev–Trinajstić information content (AvgIpc) is 2.18. The Morgan fingerprint density at radius 2 is 1.77 bits per heavy atom. The summed E-state index contributed by atoms with van der Waals surface area (Å²) in [6.07, 6.45) is 1.51. The second-order valence-corrected chi connectivity index (χ2v) is 4.32. The third-order valence-corrected chi connectivity index (χ3v) is 3.09. The Morgan fingerprint density at radius 1 is 1.15 bits per heavy atom. The van der Waals surface area contributed by atoms with Gasteiger partial charge in [-0.15, -0.1) is 0 Å². The van der Waals surface area contributed by atoms with Crippen molar-refractivity contribution in [1.29, 1.82) is 0 Å². The molecule has 1 aromatic rings.